The molecule has 144 valence electrons. The molecule has 0 aliphatic rings. The van der Waals surface area contributed by atoms with Gasteiger partial charge in [0.05, 0.1) is 10.5 Å². The standard InChI is InChI=1S/C19H22N2O5S/c1-3-12-20-27(24,25)17-11-7-8-15(13-17)19(23)26-14(2)18(22)21-16-9-5-4-6-10-16/h4-11,13-14,20H,3,12H2,1-2H3,(H,21,22)/t14-/m0/s1. The van der Waals surface area contributed by atoms with Crippen LogP contribution in [0.4, 0.5) is 5.69 Å². The Morgan fingerprint density at radius 2 is 1.78 bits per heavy atom. The predicted molar refractivity (Wildman–Crippen MR) is 102 cm³/mol. The molecule has 1 amide bonds. The lowest BCUT2D eigenvalue weighted by molar-refractivity contribution is -0.123. The number of rotatable bonds is 8. The Morgan fingerprint density at radius 3 is 2.44 bits per heavy atom. The Kier molecular flexibility index (Phi) is 7.09. The third kappa shape index (κ3) is 5.90. The Bertz CT molecular complexity index is 897. The second kappa shape index (κ2) is 9.29. The molecule has 0 saturated carbocycles. The number of ether oxygens (including phenoxy) is 1. The fourth-order valence-electron chi connectivity index (χ4n) is 2.16. The van der Waals surface area contributed by atoms with Crippen molar-refractivity contribution in [2.75, 3.05) is 11.9 Å². The van der Waals surface area contributed by atoms with E-state index in [1.165, 1.54) is 31.2 Å². The lowest BCUT2D eigenvalue weighted by Gasteiger charge is -2.14. The maximum absolute atomic E-state index is 12.3. The van der Waals surface area contributed by atoms with Gasteiger partial charge in [0, 0.05) is 12.2 Å². The molecule has 2 rings (SSSR count). The van der Waals surface area contributed by atoms with Gasteiger partial charge in [-0.05, 0) is 43.7 Å². The van der Waals surface area contributed by atoms with Gasteiger partial charge < -0.3 is 10.1 Å². The molecular weight excluding hydrogens is 368 g/mol. The number of hydrogen-bond donors (Lipinski definition) is 2. The molecule has 7 nitrogen and oxygen atoms in total. The van der Waals surface area contributed by atoms with Crippen molar-refractivity contribution in [3.8, 4) is 0 Å². The number of esters is 1. The molecule has 0 aliphatic carbocycles. The topological polar surface area (TPSA) is 102 Å². The number of benzene rings is 2. The number of hydrogen-bond acceptors (Lipinski definition) is 5. The largest absolute Gasteiger partial charge is 0.449 e. The van der Waals surface area contributed by atoms with Crippen molar-refractivity contribution < 1.29 is 22.7 Å². The zero-order valence-corrected chi connectivity index (χ0v) is 16.0. The summed E-state index contributed by atoms with van der Waals surface area (Å²) in [5.41, 5.74) is 0.634. The summed E-state index contributed by atoms with van der Waals surface area (Å²) in [7, 11) is -3.70. The highest BCUT2D eigenvalue weighted by atomic mass is 32.2. The van der Waals surface area contributed by atoms with E-state index < -0.39 is 28.0 Å². The number of sulfonamides is 1. The molecule has 2 aromatic rings. The van der Waals surface area contributed by atoms with E-state index in [9.17, 15) is 18.0 Å². The van der Waals surface area contributed by atoms with Crippen molar-refractivity contribution >= 4 is 27.6 Å². The summed E-state index contributed by atoms with van der Waals surface area (Å²) in [6.07, 6.45) is -0.397. The van der Waals surface area contributed by atoms with Crippen molar-refractivity contribution in [2.24, 2.45) is 0 Å². The first-order chi connectivity index (χ1) is 12.8. The smallest absolute Gasteiger partial charge is 0.338 e. The van der Waals surface area contributed by atoms with Gasteiger partial charge >= 0.3 is 5.97 Å². The molecule has 0 heterocycles. The Hall–Kier alpha value is -2.71. The molecule has 0 aromatic heterocycles. The number of amides is 1. The SMILES string of the molecule is CCCNS(=O)(=O)c1cccc(C(=O)O[C@@H](C)C(=O)Nc2ccccc2)c1. The van der Waals surface area contributed by atoms with Crippen LogP contribution < -0.4 is 10.0 Å². The van der Waals surface area contributed by atoms with Crippen molar-refractivity contribution in [1.82, 2.24) is 4.72 Å². The average molecular weight is 390 g/mol. The predicted octanol–water partition coefficient (Wildman–Crippen LogP) is 2.56. The second-order valence-electron chi connectivity index (χ2n) is 5.83. The van der Waals surface area contributed by atoms with Crippen molar-refractivity contribution in [1.29, 1.82) is 0 Å². The van der Waals surface area contributed by atoms with Crippen molar-refractivity contribution in [2.45, 2.75) is 31.3 Å². The molecule has 27 heavy (non-hydrogen) atoms. The number of anilines is 1. The zero-order valence-electron chi connectivity index (χ0n) is 15.1. The first-order valence-electron chi connectivity index (χ1n) is 8.50. The molecule has 0 aliphatic heterocycles. The lowest BCUT2D eigenvalue weighted by atomic mass is 10.2. The van der Waals surface area contributed by atoms with Crippen molar-refractivity contribution in [3.05, 3.63) is 60.2 Å². The van der Waals surface area contributed by atoms with Gasteiger partial charge in [-0.3, -0.25) is 4.79 Å². The highest BCUT2D eigenvalue weighted by molar-refractivity contribution is 7.89. The van der Waals surface area contributed by atoms with Crippen LogP contribution in [-0.2, 0) is 19.6 Å². The fraction of sp³-hybridized carbons (Fsp3) is 0.263. The Morgan fingerprint density at radius 1 is 1.07 bits per heavy atom. The third-order valence-corrected chi connectivity index (χ3v) is 5.08. The summed E-state index contributed by atoms with van der Waals surface area (Å²) in [5.74, 6) is -1.26. The van der Waals surface area contributed by atoms with E-state index in [-0.39, 0.29) is 10.5 Å². The maximum atomic E-state index is 12.3. The normalized spacial score (nSPS) is 12.2. The molecule has 0 spiro atoms. The van der Waals surface area contributed by atoms with Crippen LogP contribution in [0, 0.1) is 0 Å². The van der Waals surface area contributed by atoms with Gasteiger partial charge in [-0.25, -0.2) is 17.9 Å². The van der Waals surface area contributed by atoms with Gasteiger partial charge in [-0.1, -0.05) is 31.2 Å². The molecule has 0 unspecified atom stereocenters. The van der Waals surface area contributed by atoms with E-state index in [1.54, 1.807) is 24.3 Å². The third-order valence-electron chi connectivity index (χ3n) is 3.62. The maximum Gasteiger partial charge on any atom is 0.338 e. The van der Waals surface area contributed by atoms with Crippen LogP contribution >= 0.6 is 0 Å². The van der Waals surface area contributed by atoms with Crippen LogP contribution in [0.3, 0.4) is 0 Å². The van der Waals surface area contributed by atoms with Crippen LogP contribution in [0.15, 0.2) is 59.5 Å². The Labute approximate surface area is 158 Å². The van der Waals surface area contributed by atoms with Crippen molar-refractivity contribution in [3.63, 3.8) is 0 Å². The summed E-state index contributed by atoms with van der Waals surface area (Å²) >= 11 is 0. The number of carbonyl (C=O) groups excluding carboxylic acids is 2. The van der Waals surface area contributed by atoms with Gasteiger partial charge in [-0.2, -0.15) is 0 Å². The van der Waals surface area contributed by atoms with Crippen LogP contribution in [0.2, 0.25) is 0 Å². The van der Waals surface area contributed by atoms with Crippen LogP contribution in [0.1, 0.15) is 30.6 Å². The van der Waals surface area contributed by atoms with Gasteiger partial charge in [0.2, 0.25) is 10.0 Å². The molecule has 0 radical (unpaired) electrons. The van der Waals surface area contributed by atoms with E-state index in [2.05, 4.69) is 10.0 Å². The molecule has 2 aromatic carbocycles. The zero-order chi connectivity index (χ0) is 19.9. The highest BCUT2D eigenvalue weighted by Gasteiger charge is 2.21. The number of nitrogens with one attached hydrogen (secondary N) is 2. The van der Waals surface area contributed by atoms with Crippen LogP contribution in [-0.4, -0.2) is 32.9 Å². The summed E-state index contributed by atoms with van der Waals surface area (Å²) < 4.78 is 31.9. The Balaban J connectivity index is 2.05. The van der Waals surface area contributed by atoms with E-state index in [4.69, 9.17) is 4.74 Å². The first kappa shape index (κ1) is 20.6. The summed E-state index contributed by atoms with van der Waals surface area (Å²) in [5, 5.41) is 2.64. The quantitative estimate of drug-likeness (QED) is 0.675. The van der Waals surface area contributed by atoms with Crippen LogP contribution in [0.5, 0.6) is 0 Å². The minimum atomic E-state index is -3.70. The summed E-state index contributed by atoms with van der Waals surface area (Å²) in [6.45, 7) is 3.59. The molecule has 1 atom stereocenters. The fourth-order valence-corrected chi connectivity index (χ4v) is 3.34. The minimum absolute atomic E-state index is 0.0354. The first-order valence-corrected chi connectivity index (χ1v) is 9.98. The second-order valence-corrected chi connectivity index (χ2v) is 7.60. The van der Waals surface area contributed by atoms with Crippen LogP contribution in [0.25, 0.3) is 0 Å². The van der Waals surface area contributed by atoms with Gasteiger partial charge in [0.25, 0.3) is 5.91 Å². The van der Waals surface area contributed by atoms with E-state index in [1.807, 2.05) is 13.0 Å². The van der Waals surface area contributed by atoms with E-state index >= 15 is 0 Å². The van der Waals surface area contributed by atoms with E-state index in [0.717, 1.165) is 0 Å². The number of para-hydroxylation sites is 1. The summed E-state index contributed by atoms with van der Waals surface area (Å²) in [6, 6.07) is 14.3. The molecule has 0 bridgehead atoms. The molecule has 0 fully saturated rings. The lowest BCUT2D eigenvalue weighted by Crippen LogP contribution is -2.30. The minimum Gasteiger partial charge on any atom is -0.449 e. The molecule has 2 N–H and O–H groups in total. The highest BCUT2D eigenvalue weighted by Crippen LogP contribution is 2.14. The van der Waals surface area contributed by atoms with Gasteiger partial charge in [0.1, 0.15) is 0 Å². The summed E-state index contributed by atoms with van der Waals surface area (Å²) in [4.78, 5) is 24.4. The van der Waals surface area contributed by atoms with E-state index in [0.29, 0.717) is 18.7 Å². The molecular formula is C19H22N2O5S. The van der Waals surface area contributed by atoms with Gasteiger partial charge in [-0.15, -0.1) is 0 Å². The number of carbonyl (C=O) groups is 2. The monoisotopic (exact) mass is 390 g/mol. The molecule has 8 heteroatoms. The van der Waals surface area contributed by atoms with Gasteiger partial charge in [0.15, 0.2) is 6.10 Å². The average Bonchev–Trinajstić information content (AvgIpc) is 2.67. The molecule has 0 saturated heterocycles.